The fourth-order valence-corrected chi connectivity index (χ4v) is 2.49. The molecule has 0 unspecified atom stereocenters. The fourth-order valence-electron chi connectivity index (χ4n) is 2.49. The van der Waals surface area contributed by atoms with Crippen LogP contribution in [0.15, 0.2) is 30.3 Å². The van der Waals surface area contributed by atoms with Crippen LogP contribution in [0.5, 0.6) is 11.6 Å². The van der Waals surface area contributed by atoms with Crippen LogP contribution in [0.1, 0.15) is 28.8 Å². The highest BCUT2D eigenvalue weighted by Crippen LogP contribution is 2.29. The predicted octanol–water partition coefficient (Wildman–Crippen LogP) is 3.30. The maximum atomic E-state index is 9.24. The number of pyridine rings is 1. The first-order chi connectivity index (χ1) is 10.3. The van der Waals surface area contributed by atoms with Crippen molar-refractivity contribution < 1.29 is 4.74 Å². The fraction of sp³-hybridized carbons (Fsp3) is 0.235. The molecule has 0 saturated heterocycles. The Labute approximate surface area is 123 Å². The van der Waals surface area contributed by atoms with E-state index in [0.29, 0.717) is 23.6 Å². The van der Waals surface area contributed by atoms with Crippen molar-refractivity contribution in [3.63, 3.8) is 0 Å². The number of benzene rings is 1. The van der Waals surface area contributed by atoms with E-state index in [1.54, 1.807) is 12.1 Å². The summed E-state index contributed by atoms with van der Waals surface area (Å²) in [5.74, 6) is 0.991. The molecule has 4 nitrogen and oxygen atoms in total. The van der Waals surface area contributed by atoms with Crippen molar-refractivity contribution >= 4 is 0 Å². The third-order valence-electron chi connectivity index (χ3n) is 3.56. The molecule has 1 heterocycles. The number of rotatable bonds is 3. The zero-order valence-electron chi connectivity index (χ0n) is 11.5. The zero-order valence-corrected chi connectivity index (χ0v) is 11.5. The SMILES string of the molecule is N#CCc1ccc(Oc2nc3c(cc2C#N)CCC3)cc1. The van der Waals surface area contributed by atoms with Gasteiger partial charge in [-0.25, -0.2) is 4.98 Å². The van der Waals surface area contributed by atoms with E-state index < -0.39 is 0 Å². The number of hydrogen-bond acceptors (Lipinski definition) is 4. The van der Waals surface area contributed by atoms with Crippen LogP contribution in [0.2, 0.25) is 0 Å². The Balaban J connectivity index is 1.88. The van der Waals surface area contributed by atoms with E-state index in [9.17, 15) is 5.26 Å². The number of aryl methyl sites for hydroxylation is 2. The predicted molar refractivity (Wildman–Crippen MR) is 76.8 cm³/mol. The molecule has 0 saturated carbocycles. The molecule has 4 heteroatoms. The van der Waals surface area contributed by atoms with E-state index in [0.717, 1.165) is 36.1 Å². The van der Waals surface area contributed by atoms with Crippen LogP contribution in [-0.2, 0) is 19.3 Å². The molecular weight excluding hydrogens is 262 g/mol. The van der Waals surface area contributed by atoms with Gasteiger partial charge in [-0.15, -0.1) is 0 Å². The van der Waals surface area contributed by atoms with E-state index in [1.807, 2.05) is 18.2 Å². The lowest BCUT2D eigenvalue weighted by Crippen LogP contribution is -1.97. The van der Waals surface area contributed by atoms with Crippen LogP contribution in [0.25, 0.3) is 0 Å². The Morgan fingerprint density at radius 1 is 1.14 bits per heavy atom. The number of nitrogens with zero attached hydrogens (tertiary/aromatic N) is 3. The van der Waals surface area contributed by atoms with E-state index in [4.69, 9.17) is 10.00 Å². The minimum Gasteiger partial charge on any atom is -0.438 e. The van der Waals surface area contributed by atoms with Gasteiger partial charge < -0.3 is 4.74 Å². The number of nitriles is 2. The largest absolute Gasteiger partial charge is 0.438 e. The molecule has 0 spiro atoms. The molecule has 2 aromatic rings. The first-order valence-corrected chi connectivity index (χ1v) is 6.87. The molecule has 1 aromatic heterocycles. The molecule has 0 amide bonds. The molecular formula is C17H13N3O. The molecule has 0 N–H and O–H groups in total. The van der Waals surface area contributed by atoms with E-state index in [-0.39, 0.29) is 0 Å². The summed E-state index contributed by atoms with van der Waals surface area (Å²) in [6.45, 7) is 0. The Bertz CT molecular complexity index is 751. The van der Waals surface area contributed by atoms with Gasteiger partial charge in [-0.05, 0) is 48.6 Å². The topological polar surface area (TPSA) is 69.7 Å². The van der Waals surface area contributed by atoms with Gasteiger partial charge in [0.1, 0.15) is 17.4 Å². The van der Waals surface area contributed by atoms with Gasteiger partial charge in [-0.3, -0.25) is 0 Å². The van der Waals surface area contributed by atoms with E-state index >= 15 is 0 Å². The van der Waals surface area contributed by atoms with Crippen molar-refractivity contribution in [1.82, 2.24) is 4.98 Å². The third-order valence-corrected chi connectivity index (χ3v) is 3.56. The van der Waals surface area contributed by atoms with Crippen molar-refractivity contribution in [2.75, 3.05) is 0 Å². The summed E-state index contributed by atoms with van der Waals surface area (Å²) >= 11 is 0. The smallest absolute Gasteiger partial charge is 0.237 e. The highest BCUT2D eigenvalue weighted by atomic mass is 16.5. The summed E-state index contributed by atoms with van der Waals surface area (Å²) in [6.07, 6.45) is 3.39. The molecule has 1 aliphatic rings. The molecule has 0 aliphatic heterocycles. The first kappa shape index (κ1) is 13.1. The summed E-state index contributed by atoms with van der Waals surface area (Å²) in [7, 11) is 0. The van der Waals surface area contributed by atoms with Gasteiger partial charge in [0.05, 0.1) is 12.5 Å². The zero-order chi connectivity index (χ0) is 14.7. The molecule has 0 atom stereocenters. The quantitative estimate of drug-likeness (QED) is 0.861. The van der Waals surface area contributed by atoms with Gasteiger partial charge in [0.2, 0.25) is 5.88 Å². The summed E-state index contributed by atoms with van der Waals surface area (Å²) in [5.41, 5.74) is 3.59. The Morgan fingerprint density at radius 2 is 1.95 bits per heavy atom. The second-order valence-corrected chi connectivity index (χ2v) is 4.99. The van der Waals surface area contributed by atoms with Crippen molar-refractivity contribution in [2.24, 2.45) is 0 Å². The third kappa shape index (κ3) is 2.70. The van der Waals surface area contributed by atoms with Crippen molar-refractivity contribution in [3.8, 4) is 23.8 Å². The summed E-state index contributed by atoms with van der Waals surface area (Å²) in [4.78, 5) is 4.48. The van der Waals surface area contributed by atoms with Crippen LogP contribution < -0.4 is 4.74 Å². The van der Waals surface area contributed by atoms with Crippen LogP contribution >= 0.6 is 0 Å². The van der Waals surface area contributed by atoms with Crippen molar-refractivity contribution in [2.45, 2.75) is 25.7 Å². The summed E-state index contributed by atoms with van der Waals surface area (Å²) < 4.78 is 5.74. The van der Waals surface area contributed by atoms with Gasteiger partial charge in [0.25, 0.3) is 0 Å². The molecule has 1 aliphatic carbocycles. The molecule has 21 heavy (non-hydrogen) atoms. The molecule has 102 valence electrons. The second-order valence-electron chi connectivity index (χ2n) is 4.99. The van der Waals surface area contributed by atoms with Gasteiger partial charge in [-0.1, -0.05) is 12.1 Å². The Hall–Kier alpha value is -2.85. The van der Waals surface area contributed by atoms with Crippen LogP contribution in [0.3, 0.4) is 0 Å². The minimum atomic E-state index is 0.367. The molecule has 0 bridgehead atoms. The lowest BCUT2D eigenvalue weighted by molar-refractivity contribution is 0.459. The van der Waals surface area contributed by atoms with Crippen molar-refractivity contribution in [1.29, 1.82) is 10.5 Å². The first-order valence-electron chi connectivity index (χ1n) is 6.87. The molecule has 3 rings (SSSR count). The van der Waals surface area contributed by atoms with Gasteiger partial charge in [-0.2, -0.15) is 10.5 Å². The average molecular weight is 275 g/mol. The maximum Gasteiger partial charge on any atom is 0.237 e. The van der Waals surface area contributed by atoms with Crippen molar-refractivity contribution in [3.05, 3.63) is 52.7 Å². The van der Waals surface area contributed by atoms with Gasteiger partial charge in [0.15, 0.2) is 0 Å². The summed E-state index contributed by atoms with van der Waals surface area (Å²) in [5, 5.41) is 17.9. The average Bonchev–Trinajstić information content (AvgIpc) is 2.96. The molecule has 0 radical (unpaired) electrons. The lowest BCUT2D eigenvalue weighted by atomic mass is 10.1. The summed E-state index contributed by atoms with van der Waals surface area (Å²) in [6, 6.07) is 13.4. The molecule has 0 fully saturated rings. The molecule has 1 aromatic carbocycles. The number of hydrogen-bond donors (Lipinski definition) is 0. The number of aromatic nitrogens is 1. The van der Waals surface area contributed by atoms with Gasteiger partial charge >= 0.3 is 0 Å². The standard InChI is InChI=1S/C17H13N3O/c18-9-8-12-4-6-15(7-5-12)21-17-14(11-19)10-13-2-1-3-16(13)20-17/h4-7,10H,1-3,8H2. The number of fused-ring (bicyclic) bond motifs is 1. The monoisotopic (exact) mass is 275 g/mol. The normalized spacial score (nSPS) is 12.3. The van der Waals surface area contributed by atoms with Crippen LogP contribution in [-0.4, -0.2) is 4.98 Å². The lowest BCUT2D eigenvalue weighted by Gasteiger charge is -2.09. The Morgan fingerprint density at radius 3 is 2.67 bits per heavy atom. The maximum absolute atomic E-state index is 9.24. The second kappa shape index (κ2) is 5.64. The number of ether oxygens (including phenoxy) is 1. The highest BCUT2D eigenvalue weighted by Gasteiger charge is 2.17. The highest BCUT2D eigenvalue weighted by molar-refractivity contribution is 5.46. The Kier molecular flexibility index (Phi) is 3.53. The van der Waals surface area contributed by atoms with Crippen LogP contribution in [0.4, 0.5) is 0 Å². The van der Waals surface area contributed by atoms with E-state index in [2.05, 4.69) is 17.1 Å². The van der Waals surface area contributed by atoms with Crippen LogP contribution in [0, 0.1) is 22.7 Å². The van der Waals surface area contributed by atoms with Gasteiger partial charge in [0, 0.05) is 5.69 Å². The minimum absolute atomic E-state index is 0.367. The van der Waals surface area contributed by atoms with E-state index in [1.165, 1.54) is 0 Å².